The van der Waals surface area contributed by atoms with Crippen molar-refractivity contribution in [2.24, 2.45) is 0 Å². The van der Waals surface area contributed by atoms with Crippen molar-refractivity contribution in [3.05, 3.63) is 47.0 Å². The van der Waals surface area contributed by atoms with Gasteiger partial charge in [0.25, 0.3) is 0 Å². The van der Waals surface area contributed by atoms with Crippen LogP contribution in [0.1, 0.15) is 12.5 Å². The molecule has 0 fully saturated rings. The van der Waals surface area contributed by atoms with E-state index in [-0.39, 0.29) is 5.78 Å². The highest BCUT2D eigenvalue weighted by molar-refractivity contribution is 6.30. The molecule has 0 aliphatic carbocycles. The van der Waals surface area contributed by atoms with Gasteiger partial charge in [0.05, 0.1) is 0 Å². The summed E-state index contributed by atoms with van der Waals surface area (Å²) in [6, 6.07) is 7.35. The molecule has 0 aliphatic rings. The van der Waals surface area contributed by atoms with Crippen LogP contribution in [-0.4, -0.2) is 5.78 Å². The zero-order valence-electron chi connectivity index (χ0n) is 7.46. The Hall–Kier alpha value is -1.08. The summed E-state index contributed by atoms with van der Waals surface area (Å²) in [6.45, 7) is 1.83. The molecule has 0 atom stereocenters. The van der Waals surface area contributed by atoms with Crippen LogP contribution in [0.2, 0.25) is 5.02 Å². The third-order valence-electron chi connectivity index (χ3n) is 1.62. The molecular weight excluding hydrogens is 184 g/mol. The number of carbonyl (C=O) groups excluding carboxylic acids is 1. The molecule has 0 heterocycles. The molecule has 0 aliphatic heterocycles. The lowest BCUT2D eigenvalue weighted by atomic mass is 10.1. The first kappa shape index (κ1) is 10.0. The average molecular weight is 195 g/mol. The van der Waals surface area contributed by atoms with Crippen molar-refractivity contribution in [2.75, 3.05) is 0 Å². The van der Waals surface area contributed by atoms with Gasteiger partial charge in [0.15, 0.2) is 5.78 Å². The summed E-state index contributed by atoms with van der Waals surface area (Å²) < 4.78 is 0. The second-order valence-electron chi connectivity index (χ2n) is 2.77. The molecule has 68 valence electrons. The van der Waals surface area contributed by atoms with Crippen molar-refractivity contribution < 1.29 is 4.79 Å². The van der Waals surface area contributed by atoms with E-state index in [9.17, 15) is 4.79 Å². The molecular formula is C11H11ClO. The summed E-state index contributed by atoms with van der Waals surface area (Å²) in [4.78, 5) is 11.2. The number of hydrogen-bond donors (Lipinski definition) is 0. The van der Waals surface area contributed by atoms with Gasteiger partial charge in [-0.15, -0.1) is 0 Å². The lowest BCUT2D eigenvalue weighted by Gasteiger charge is -1.97. The summed E-state index contributed by atoms with van der Waals surface area (Å²) >= 11 is 5.78. The maximum Gasteiger partial charge on any atom is 0.159 e. The van der Waals surface area contributed by atoms with Crippen LogP contribution >= 0.6 is 11.6 Å². The van der Waals surface area contributed by atoms with Gasteiger partial charge in [-0.3, -0.25) is 4.79 Å². The van der Waals surface area contributed by atoms with E-state index in [2.05, 4.69) is 0 Å². The van der Waals surface area contributed by atoms with E-state index < -0.39 is 0 Å². The van der Waals surface area contributed by atoms with Crippen LogP contribution in [0.5, 0.6) is 0 Å². The van der Waals surface area contributed by atoms with Gasteiger partial charge in [-0.25, -0.2) is 0 Å². The number of carbonyl (C=O) groups is 1. The zero-order valence-corrected chi connectivity index (χ0v) is 8.21. The van der Waals surface area contributed by atoms with Gasteiger partial charge >= 0.3 is 0 Å². The molecule has 2 heteroatoms. The van der Waals surface area contributed by atoms with Gasteiger partial charge in [-0.2, -0.15) is 0 Å². The Balaban J connectivity index is 2.69. The van der Waals surface area contributed by atoms with E-state index in [1.807, 2.05) is 25.1 Å². The molecule has 0 radical (unpaired) electrons. The first-order valence-corrected chi connectivity index (χ1v) is 4.50. The van der Waals surface area contributed by atoms with Crippen LogP contribution in [0.15, 0.2) is 36.4 Å². The second kappa shape index (κ2) is 4.83. The predicted molar refractivity (Wildman–Crippen MR) is 55.0 cm³/mol. The van der Waals surface area contributed by atoms with Gasteiger partial charge in [-0.05, 0) is 30.7 Å². The van der Waals surface area contributed by atoms with Crippen LogP contribution in [0, 0.1) is 0 Å². The summed E-state index contributed by atoms with van der Waals surface area (Å²) in [5.41, 5.74) is 0.954. The number of hydrogen-bond acceptors (Lipinski definition) is 1. The Morgan fingerprint density at radius 2 is 2.31 bits per heavy atom. The van der Waals surface area contributed by atoms with Gasteiger partial charge in [-0.1, -0.05) is 29.8 Å². The van der Waals surface area contributed by atoms with E-state index in [1.165, 1.54) is 0 Å². The molecule has 0 N–H and O–H groups in total. The van der Waals surface area contributed by atoms with Crippen LogP contribution in [0.4, 0.5) is 0 Å². The summed E-state index contributed by atoms with van der Waals surface area (Å²) in [7, 11) is 0. The molecule has 0 unspecified atom stereocenters. The van der Waals surface area contributed by atoms with Gasteiger partial charge in [0.2, 0.25) is 0 Å². The van der Waals surface area contributed by atoms with Crippen LogP contribution in [0.25, 0.3) is 0 Å². The molecule has 1 rings (SSSR count). The maximum atomic E-state index is 11.2. The molecule has 1 aromatic carbocycles. The largest absolute Gasteiger partial charge is 0.294 e. The van der Waals surface area contributed by atoms with Crippen molar-refractivity contribution in [2.45, 2.75) is 13.3 Å². The van der Waals surface area contributed by atoms with E-state index in [4.69, 9.17) is 11.6 Å². The number of rotatable bonds is 3. The molecule has 1 nitrogen and oxygen atoms in total. The first-order chi connectivity index (χ1) is 6.22. The minimum atomic E-state index is 0.102. The minimum absolute atomic E-state index is 0.102. The number of benzene rings is 1. The summed E-state index contributed by atoms with van der Waals surface area (Å²) in [5.74, 6) is 0.102. The highest BCUT2D eigenvalue weighted by Gasteiger charge is 1.99. The molecule has 0 aromatic heterocycles. The van der Waals surface area contributed by atoms with E-state index in [0.29, 0.717) is 11.4 Å². The third kappa shape index (κ3) is 3.43. The van der Waals surface area contributed by atoms with Crippen LogP contribution in [-0.2, 0) is 11.2 Å². The lowest BCUT2D eigenvalue weighted by molar-refractivity contribution is -0.114. The van der Waals surface area contributed by atoms with Crippen LogP contribution < -0.4 is 0 Å². The maximum absolute atomic E-state index is 11.2. The summed E-state index contributed by atoms with van der Waals surface area (Å²) in [5, 5.41) is 0.672. The highest BCUT2D eigenvalue weighted by atomic mass is 35.5. The SMILES string of the molecule is C/C=C/C(=O)Cc1cccc(Cl)c1. The number of halogens is 1. The lowest BCUT2D eigenvalue weighted by Crippen LogP contribution is -1.97. The van der Waals surface area contributed by atoms with Crippen molar-refractivity contribution >= 4 is 17.4 Å². The average Bonchev–Trinajstić information content (AvgIpc) is 2.04. The molecule has 1 aromatic rings. The zero-order chi connectivity index (χ0) is 9.68. The molecule has 0 amide bonds. The molecule has 0 spiro atoms. The molecule has 13 heavy (non-hydrogen) atoms. The van der Waals surface area contributed by atoms with Crippen molar-refractivity contribution in [1.82, 2.24) is 0 Å². The minimum Gasteiger partial charge on any atom is -0.294 e. The topological polar surface area (TPSA) is 17.1 Å². The quantitative estimate of drug-likeness (QED) is 0.676. The van der Waals surface area contributed by atoms with Gasteiger partial charge in [0, 0.05) is 11.4 Å². The van der Waals surface area contributed by atoms with E-state index in [1.54, 1.807) is 18.2 Å². The normalized spacial score (nSPS) is 10.6. The van der Waals surface area contributed by atoms with Gasteiger partial charge in [0.1, 0.15) is 0 Å². The van der Waals surface area contributed by atoms with Crippen molar-refractivity contribution in [1.29, 1.82) is 0 Å². The van der Waals surface area contributed by atoms with Crippen molar-refractivity contribution in [3.8, 4) is 0 Å². The Bertz CT molecular complexity index is 329. The fraction of sp³-hybridized carbons (Fsp3) is 0.182. The Morgan fingerprint density at radius 3 is 2.92 bits per heavy atom. The standard InChI is InChI=1S/C11H11ClO/c1-2-4-11(13)8-9-5-3-6-10(12)7-9/h2-7H,8H2,1H3/b4-2+. The monoisotopic (exact) mass is 194 g/mol. The molecule has 0 saturated heterocycles. The van der Waals surface area contributed by atoms with E-state index in [0.717, 1.165) is 5.56 Å². The predicted octanol–water partition coefficient (Wildman–Crippen LogP) is 3.03. The number of ketones is 1. The molecule has 0 saturated carbocycles. The fourth-order valence-corrected chi connectivity index (χ4v) is 1.31. The smallest absolute Gasteiger partial charge is 0.159 e. The second-order valence-corrected chi connectivity index (χ2v) is 3.21. The summed E-state index contributed by atoms with van der Waals surface area (Å²) in [6.07, 6.45) is 3.73. The first-order valence-electron chi connectivity index (χ1n) is 4.12. The van der Waals surface area contributed by atoms with Gasteiger partial charge < -0.3 is 0 Å². The van der Waals surface area contributed by atoms with Crippen LogP contribution in [0.3, 0.4) is 0 Å². The highest BCUT2D eigenvalue weighted by Crippen LogP contribution is 2.11. The Labute approximate surface area is 83.0 Å². The van der Waals surface area contributed by atoms with E-state index >= 15 is 0 Å². The fourth-order valence-electron chi connectivity index (χ4n) is 1.09. The Kier molecular flexibility index (Phi) is 3.71. The van der Waals surface area contributed by atoms with Crippen molar-refractivity contribution in [3.63, 3.8) is 0 Å². The third-order valence-corrected chi connectivity index (χ3v) is 1.86. The molecule has 0 bridgehead atoms. The number of allylic oxidation sites excluding steroid dienone is 2. The Morgan fingerprint density at radius 1 is 1.54 bits per heavy atom.